The molecule has 1 aromatic rings. The number of nitrogens with one attached hydrogen (secondary N) is 1. The van der Waals surface area contributed by atoms with Crippen LogP contribution >= 0.6 is 0 Å². The second kappa shape index (κ2) is 5.82. The summed E-state index contributed by atoms with van der Waals surface area (Å²) in [5, 5.41) is 2.78. The minimum atomic E-state index is -0.924. The van der Waals surface area contributed by atoms with Crippen LogP contribution in [-0.2, 0) is 10.8 Å². The van der Waals surface area contributed by atoms with Crippen molar-refractivity contribution in [2.45, 2.75) is 19.9 Å². The average molecular weight is 254 g/mol. The molecule has 17 heavy (non-hydrogen) atoms. The lowest BCUT2D eigenvalue weighted by Crippen LogP contribution is -2.36. The fourth-order valence-corrected chi connectivity index (χ4v) is 2.36. The standard InChI is InChI=1S/C12H18N2O2S/c1-8-5-4-6-10(11(8)13)12(15)14-9(2)7-17(3)16/h4-6,9H,7,13H2,1-3H3,(H,14,15). The maximum Gasteiger partial charge on any atom is 0.253 e. The number of carbonyl (C=O) groups is 1. The second-order valence-corrected chi connectivity index (χ2v) is 5.63. The Balaban J connectivity index is 2.77. The third-order valence-corrected chi connectivity index (χ3v) is 3.40. The predicted molar refractivity (Wildman–Crippen MR) is 71.5 cm³/mol. The zero-order valence-electron chi connectivity index (χ0n) is 10.3. The zero-order valence-corrected chi connectivity index (χ0v) is 11.1. The first kappa shape index (κ1) is 13.7. The first-order chi connectivity index (χ1) is 7.91. The predicted octanol–water partition coefficient (Wildman–Crippen LogP) is 1.07. The maximum atomic E-state index is 11.9. The molecule has 0 aliphatic heterocycles. The number of aryl methyl sites for hydroxylation is 1. The summed E-state index contributed by atoms with van der Waals surface area (Å²) in [6, 6.07) is 5.21. The Morgan fingerprint density at radius 2 is 2.18 bits per heavy atom. The monoisotopic (exact) mass is 254 g/mol. The number of para-hydroxylation sites is 1. The highest BCUT2D eigenvalue weighted by molar-refractivity contribution is 7.84. The van der Waals surface area contributed by atoms with Gasteiger partial charge in [0, 0.05) is 34.5 Å². The van der Waals surface area contributed by atoms with Crippen LogP contribution in [0.2, 0.25) is 0 Å². The van der Waals surface area contributed by atoms with Crippen molar-refractivity contribution in [3.05, 3.63) is 29.3 Å². The van der Waals surface area contributed by atoms with E-state index < -0.39 is 10.8 Å². The van der Waals surface area contributed by atoms with Crippen LogP contribution in [0.1, 0.15) is 22.8 Å². The fourth-order valence-electron chi connectivity index (χ4n) is 1.57. The maximum absolute atomic E-state index is 11.9. The van der Waals surface area contributed by atoms with Gasteiger partial charge < -0.3 is 11.1 Å². The normalized spacial score (nSPS) is 14.1. The smallest absolute Gasteiger partial charge is 0.253 e. The van der Waals surface area contributed by atoms with Crippen molar-refractivity contribution in [2.75, 3.05) is 17.7 Å². The van der Waals surface area contributed by atoms with Gasteiger partial charge in [0.25, 0.3) is 5.91 Å². The van der Waals surface area contributed by atoms with Gasteiger partial charge in [0.05, 0.1) is 5.56 Å². The van der Waals surface area contributed by atoms with E-state index in [9.17, 15) is 9.00 Å². The van der Waals surface area contributed by atoms with E-state index in [0.717, 1.165) is 5.56 Å². The molecule has 0 saturated heterocycles. The lowest BCUT2D eigenvalue weighted by Gasteiger charge is -2.14. The minimum Gasteiger partial charge on any atom is -0.398 e. The lowest BCUT2D eigenvalue weighted by molar-refractivity contribution is 0.0944. The van der Waals surface area contributed by atoms with Crippen LogP contribution in [0.3, 0.4) is 0 Å². The number of hydrogen-bond acceptors (Lipinski definition) is 3. The summed E-state index contributed by atoms with van der Waals surface area (Å²) in [7, 11) is -0.924. The molecule has 1 aromatic carbocycles. The number of amides is 1. The van der Waals surface area contributed by atoms with Gasteiger partial charge in [-0.05, 0) is 25.5 Å². The molecule has 1 amide bonds. The third-order valence-electron chi connectivity index (χ3n) is 2.43. The SMILES string of the molecule is Cc1cccc(C(=O)NC(C)CS(C)=O)c1N. The Hall–Kier alpha value is -1.36. The van der Waals surface area contributed by atoms with E-state index in [-0.39, 0.29) is 11.9 Å². The second-order valence-electron chi connectivity index (χ2n) is 4.15. The molecule has 0 aliphatic carbocycles. The summed E-state index contributed by atoms with van der Waals surface area (Å²) >= 11 is 0. The highest BCUT2D eigenvalue weighted by atomic mass is 32.2. The molecule has 2 atom stereocenters. The van der Waals surface area contributed by atoms with Gasteiger partial charge in [0.2, 0.25) is 0 Å². The minimum absolute atomic E-state index is 0.131. The molecule has 0 spiro atoms. The Labute approximate surface area is 104 Å². The van der Waals surface area contributed by atoms with E-state index in [2.05, 4.69) is 5.32 Å². The molecule has 94 valence electrons. The summed E-state index contributed by atoms with van der Waals surface area (Å²) < 4.78 is 11.0. The molecule has 0 radical (unpaired) electrons. The van der Waals surface area contributed by atoms with Crippen molar-refractivity contribution in [1.82, 2.24) is 5.32 Å². The first-order valence-electron chi connectivity index (χ1n) is 5.37. The van der Waals surface area contributed by atoms with Gasteiger partial charge in [-0.1, -0.05) is 12.1 Å². The molecule has 0 fully saturated rings. The van der Waals surface area contributed by atoms with E-state index in [1.54, 1.807) is 18.4 Å². The number of benzene rings is 1. The van der Waals surface area contributed by atoms with Gasteiger partial charge in [-0.2, -0.15) is 0 Å². The topological polar surface area (TPSA) is 72.2 Å². The Morgan fingerprint density at radius 3 is 2.76 bits per heavy atom. The number of carbonyl (C=O) groups excluding carboxylic acids is 1. The molecular formula is C12H18N2O2S. The van der Waals surface area contributed by atoms with Gasteiger partial charge in [0.15, 0.2) is 0 Å². The van der Waals surface area contributed by atoms with Crippen molar-refractivity contribution in [1.29, 1.82) is 0 Å². The van der Waals surface area contributed by atoms with Crippen LogP contribution in [0, 0.1) is 6.92 Å². The number of anilines is 1. The summed E-state index contributed by atoms with van der Waals surface area (Å²) in [4.78, 5) is 11.9. The summed E-state index contributed by atoms with van der Waals surface area (Å²) in [5.74, 6) is 0.224. The van der Waals surface area contributed by atoms with E-state index in [1.165, 1.54) is 0 Å². The molecule has 0 aliphatic rings. The largest absolute Gasteiger partial charge is 0.398 e. The molecule has 1 rings (SSSR count). The summed E-state index contributed by atoms with van der Waals surface area (Å²) in [6.07, 6.45) is 1.61. The molecule has 3 N–H and O–H groups in total. The molecule has 2 unspecified atom stereocenters. The Morgan fingerprint density at radius 1 is 1.53 bits per heavy atom. The van der Waals surface area contributed by atoms with E-state index in [1.807, 2.05) is 19.9 Å². The van der Waals surface area contributed by atoms with Crippen molar-refractivity contribution in [2.24, 2.45) is 0 Å². The van der Waals surface area contributed by atoms with E-state index in [0.29, 0.717) is 17.0 Å². The molecule has 5 heteroatoms. The van der Waals surface area contributed by atoms with E-state index in [4.69, 9.17) is 5.73 Å². The van der Waals surface area contributed by atoms with Gasteiger partial charge in [-0.25, -0.2) is 0 Å². The molecule has 0 aromatic heterocycles. The van der Waals surface area contributed by atoms with Crippen molar-refractivity contribution < 1.29 is 9.00 Å². The van der Waals surface area contributed by atoms with Gasteiger partial charge >= 0.3 is 0 Å². The summed E-state index contributed by atoms with van der Waals surface area (Å²) in [6.45, 7) is 3.68. The number of nitrogen functional groups attached to an aromatic ring is 1. The van der Waals surface area contributed by atoms with Crippen molar-refractivity contribution >= 4 is 22.4 Å². The average Bonchev–Trinajstić information content (AvgIpc) is 2.20. The van der Waals surface area contributed by atoms with Crippen LogP contribution in [0.15, 0.2) is 18.2 Å². The van der Waals surface area contributed by atoms with Crippen molar-refractivity contribution in [3.8, 4) is 0 Å². The molecule has 0 heterocycles. The van der Waals surface area contributed by atoms with Crippen LogP contribution in [-0.4, -0.2) is 28.2 Å². The lowest BCUT2D eigenvalue weighted by atomic mass is 10.1. The van der Waals surface area contributed by atoms with Gasteiger partial charge in [0.1, 0.15) is 0 Å². The first-order valence-corrected chi connectivity index (χ1v) is 7.10. The number of hydrogen-bond donors (Lipinski definition) is 2. The number of rotatable bonds is 4. The fraction of sp³-hybridized carbons (Fsp3) is 0.417. The Kier molecular flexibility index (Phi) is 4.69. The zero-order chi connectivity index (χ0) is 13.0. The number of nitrogens with two attached hydrogens (primary N) is 1. The van der Waals surface area contributed by atoms with Crippen LogP contribution in [0.4, 0.5) is 5.69 Å². The van der Waals surface area contributed by atoms with Crippen LogP contribution < -0.4 is 11.1 Å². The molecular weight excluding hydrogens is 236 g/mol. The molecule has 0 bridgehead atoms. The van der Waals surface area contributed by atoms with Gasteiger partial charge in [-0.15, -0.1) is 0 Å². The van der Waals surface area contributed by atoms with Gasteiger partial charge in [-0.3, -0.25) is 9.00 Å². The molecule has 0 saturated carbocycles. The highest BCUT2D eigenvalue weighted by Gasteiger charge is 2.13. The summed E-state index contributed by atoms with van der Waals surface area (Å²) in [5.41, 5.74) is 7.68. The Bertz CT molecular complexity index is 446. The van der Waals surface area contributed by atoms with E-state index >= 15 is 0 Å². The van der Waals surface area contributed by atoms with Crippen molar-refractivity contribution in [3.63, 3.8) is 0 Å². The highest BCUT2D eigenvalue weighted by Crippen LogP contribution is 2.16. The van der Waals surface area contributed by atoms with Crippen LogP contribution in [0.5, 0.6) is 0 Å². The van der Waals surface area contributed by atoms with Crippen LogP contribution in [0.25, 0.3) is 0 Å². The third kappa shape index (κ3) is 3.85. The quantitative estimate of drug-likeness (QED) is 0.790. The molecule has 4 nitrogen and oxygen atoms in total.